The molecule has 6 heteroatoms. The molecule has 1 atom stereocenters. The number of terminal acetylenes is 1. The average molecular weight is 213 g/mol. The number of aromatic amines is 1. The van der Waals surface area contributed by atoms with E-state index >= 15 is 0 Å². The lowest BCUT2D eigenvalue weighted by Gasteiger charge is -2.09. The third-order valence-electron chi connectivity index (χ3n) is 1.55. The number of H-pyrrole nitrogens is 1. The summed E-state index contributed by atoms with van der Waals surface area (Å²) in [5.74, 6) is 2.38. The molecule has 1 rings (SSSR count). The molecule has 0 aliphatic rings. The van der Waals surface area contributed by atoms with Crippen LogP contribution in [0.4, 0.5) is 0 Å². The highest BCUT2D eigenvalue weighted by Gasteiger charge is 2.17. The largest absolute Gasteiger partial charge is 0.266 e. The highest BCUT2D eigenvalue weighted by molar-refractivity contribution is 7.89. The first-order valence-electron chi connectivity index (χ1n) is 4.01. The predicted molar refractivity (Wildman–Crippen MR) is 51.8 cm³/mol. The summed E-state index contributed by atoms with van der Waals surface area (Å²) in [6.45, 7) is 1.70. The van der Waals surface area contributed by atoms with Gasteiger partial charge in [0.15, 0.2) is 5.03 Å². The first-order chi connectivity index (χ1) is 6.56. The van der Waals surface area contributed by atoms with E-state index in [9.17, 15) is 8.42 Å². The maximum atomic E-state index is 11.5. The van der Waals surface area contributed by atoms with Gasteiger partial charge in [-0.05, 0) is 13.0 Å². The number of nitrogens with one attached hydrogen (secondary N) is 2. The minimum Gasteiger partial charge on any atom is -0.266 e. The summed E-state index contributed by atoms with van der Waals surface area (Å²) < 4.78 is 25.5. The fraction of sp³-hybridized carbons (Fsp3) is 0.375. The summed E-state index contributed by atoms with van der Waals surface area (Å²) in [6, 6.07) is 1.10. The van der Waals surface area contributed by atoms with Crippen LogP contribution in [0.1, 0.15) is 13.3 Å². The zero-order valence-electron chi connectivity index (χ0n) is 7.69. The SMILES string of the molecule is C#CCC(C)NS(=O)(=O)c1ccn[nH]1. The minimum atomic E-state index is -3.50. The van der Waals surface area contributed by atoms with E-state index in [2.05, 4.69) is 20.8 Å². The Morgan fingerprint density at radius 3 is 3.00 bits per heavy atom. The Morgan fingerprint density at radius 1 is 1.79 bits per heavy atom. The Bertz CT molecular complexity index is 416. The van der Waals surface area contributed by atoms with Crippen molar-refractivity contribution >= 4 is 10.0 Å². The van der Waals surface area contributed by atoms with Crippen LogP contribution in [-0.2, 0) is 10.0 Å². The first-order valence-corrected chi connectivity index (χ1v) is 5.50. The fourth-order valence-electron chi connectivity index (χ4n) is 0.940. The summed E-state index contributed by atoms with van der Waals surface area (Å²) in [7, 11) is -3.50. The normalized spacial score (nSPS) is 13.4. The minimum absolute atomic E-state index is 0.0429. The summed E-state index contributed by atoms with van der Waals surface area (Å²) >= 11 is 0. The summed E-state index contributed by atoms with van der Waals surface area (Å²) in [6.07, 6.45) is 6.79. The van der Waals surface area contributed by atoms with Gasteiger partial charge in [-0.15, -0.1) is 12.3 Å². The van der Waals surface area contributed by atoms with E-state index in [1.807, 2.05) is 0 Å². The van der Waals surface area contributed by atoms with Gasteiger partial charge in [-0.25, -0.2) is 13.1 Å². The van der Waals surface area contributed by atoms with Crippen LogP contribution in [0.5, 0.6) is 0 Å². The third kappa shape index (κ3) is 2.58. The van der Waals surface area contributed by atoms with Crippen LogP contribution in [-0.4, -0.2) is 24.7 Å². The number of sulfonamides is 1. The maximum absolute atomic E-state index is 11.5. The van der Waals surface area contributed by atoms with Gasteiger partial charge in [-0.1, -0.05) is 0 Å². The molecule has 1 unspecified atom stereocenters. The van der Waals surface area contributed by atoms with Gasteiger partial charge in [0.2, 0.25) is 0 Å². The first kappa shape index (κ1) is 10.8. The Hall–Kier alpha value is -1.32. The van der Waals surface area contributed by atoms with Crippen molar-refractivity contribution in [3.63, 3.8) is 0 Å². The van der Waals surface area contributed by atoms with Crippen LogP contribution >= 0.6 is 0 Å². The highest BCUT2D eigenvalue weighted by atomic mass is 32.2. The van der Waals surface area contributed by atoms with Gasteiger partial charge in [0.1, 0.15) is 0 Å². The Balaban J connectivity index is 2.74. The van der Waals surface area contributed by atoms with E-state index in [-0.39, 0.29) is 11.1 Å². The van der Waals surface area contributed by atoms with Crippen molar-refractivity contribution in [1.29, 1.82) is 0 Å². The molecular formula is C8H11N3O2S. The molecule has 1 aromatic rings. The molecule has 0 saturated heterocycles. The zero-order valence-corrected chi connectivity index (χ0v) is 8.50. The van der Waals surface area contributed by atoms with Gasteiger partial charge in [0.05, 0.1) is 6.20 Å². The van der Waals surface area contributed by atoms with Gasteiger partial charge in [-0.2, -0.15) is 5.10 Å². The van der Waals surface area contributed by atoms with E-state index in [4.69, 9.17) is 6.42 Å². The quantitative estimate of drug-likeness (QED) is 0.696. The number of nitrogens with zero attached hydrogens (tertiary/aromatic N) is 1. The Kier molecular flexibility index (Phi) is 3.28. The molecule has 0 aliphatic carbocycles. The third-order valence-corrected chi connectivity index (χ3v) is 3.06. The number of rotatable bonds is 4. The molecule has 0 fully saturated rings. The molecule has 0 amide bonds. The average Bonchev–Trinajstić information content (AvgIpc) is 2.54. The molecular weight excluding hydrogens is 202 g/mol. The second-order valence-electron chi connectivity index (χ2n) is 2.85. The molecule has 0 bridgehead atoms. The standard InChI is InChI=1S/C8H11N3O2S/c1-3-4-7(2)11-14(12,13)8-5-6-9-10-8/h1,5-7,11H,4H2,2H3,(H,9,10). The number of aromatic nitrogens is 2. The van der Waals surface area contributed by atoms with Crippen molar-refractivity contribution in [2.75, 3.05) is 0 Å². The van der Waals surface area contributed by atoms with E-state index in [0.717, 1.165) is 0 Å². The molecule has 0 radical (unpaired) electrons. The van der Waals surface area contributed by atoms with E-state index < -0.39 is 10.0 Å². The van der Waals surface area contributed by atoms with Crippen LogP contribution in [0, 0.1) is 12.3 Å². The van der Waals surface area contributed by atoms with E-state index in [1.54, 1.807) is 6.92 Å². The maximum Gasteiger partial charge on any atom is 0.257 e. The van der Waals surface area contributed by atoms with Crippen molar-refractivity contribution in [3.05, 3.63) is 12.3 Å². The second kappa shape index (κ2) is 4.26. The summed E-state index contributed by atoms with van der Waals surface area (Å²) in [5, 5.41) is 5.97. The van der Waals surface area contributed by atoms with Crippen LogP contribution in [0.15, 0.2) is 17.3 Å². The van der Waals surface area contributed by atoms with Crippen LogP contribution in [0.2, 0.25) is 0 Å². The predicted octanol–water partition coefficient (Wildman–Crippen LogP) is 0.0998. The zero-order chi connectivity index (χ0) is 10.6. The fourth-order valence-corrected chi connectivity index (χ4v) is 2.09. The van der Waals surface area contributed by atoms with Gasteiger partial charge >= 0.3 is 0 Å². The molecule has 14 heavy (non-hydrogen) atoms. The molecule has 1 heterocycles. The van der Waals surface area contributed by atoms with Crippen molar-refractivity contribution < 1.29 is 8.42 Å². The monoisotopic (exact) mass is 213 g/mol. The molecule has 1 aromatic heterocycles. The second-order valence-corrected chi connectivity index (χ2v) is 4.53. The van der Waals surface area contributed by atoms with Crippen molar-refractivity contribution in [1.82, 2.24) is 14.9 Å². The summed E-state index contributed by atoms with van der Waals surface area (Å²) in [5.41, 5.74) is 0. The lowest BCUT2D eigenvalue weighted by molar-refractivity contribution is 0.559. The highest BCUT2D eigenvalue weighted by Crippen LogP contribution is 2.04. The topological polar surface area (TPSA) is 74.8 Å². The number of hydrogen-bond acceptors (Lipinski definition) is 3. The lowest BCUT2D eigenvalue weighted by Crippen LogP contribution is -2.32. The molecule has 0 saturated carbocycles. The summed E-state index contributed by atoms with van der Waals surface area (Å²) in [4.78, 5) is 0. The van der Waals surface area contributed by atoms with Gasteiger partial charge in [0.25, 0.3) is 10.0 Å². The Morgan fingerprint density at radius 2 is 2.50 bits per heavy atom. The van der Waals surface area contributed by atoms with Crippen LogP contribution in [0.25, 0.3) is 0 Å². The lowest BCUT2D eigenvalue weighted by atomic mass is 10.3. The molecule has 0 aromatic carbocycles. The van der Waals surface area contributed by atoms with Crippen LogP contribution < -0.4 is 4.72 Å². The van der Waals surface area contributed by atoms with Crippen molar-refractivity contribution in [3.8, 4) is 12.3 Å². The van der Waals surface area contributed by atoms with Crippen molar-refractivity contribution in [2.24, 2.45) is 0 Å². The van der Waals surface area contributed by atoms with Crippen LogP contribution in [0.3, 0.4) is 0 Å². The molecule has 0 spiro atoms. The van der Waals surface area contributed by atoms with Crippen molar-refractivity contribution in [2.45, 2.75) is 24.4 Å². The smallest absolute Gasteiger partial charge is 0.257 e. The van der Waals surface area contributed by atoms with Gasteiger partial charge < -0.3 is 0 Å². The number of hydrogen-bond donors (Lipinski definition) is 2. The van der Waals surface area contributed by atoms with E-state index in [0.29, 0.717) is 6.42 Å². The van der Waals surface area contributed by atoms with E-state index in [1.165, 1.54) is 12.3 Å². The van der Waals surface area contributed by atoms with Gasteiger partial charge in [0, 0.05) is 12.5 Å². The molecule has 0 aliphatic heterocycles. The van der Waals surface area contributed by atoms with Gasteiger partial charge in [-0.3, -0.25) is 5.10 Å². The molecule has 5 nitrogen and oxygen atoms in total. The Labute approximate surface area is 83.0 Å². The molecule has 76 valence electrons. The molecule has 2 N–H and O–H groups in total.